The van der Waals surface area contributed by atoms with Crippen LogP contribution in [0.5, 0.6) is 0 Å². The highest BCUT2D eigenvalue weighted by molar-refractivity contribution is 5.95. The molecule has 4 fully saturated rings. The molecule has 1 aliphatic heterocycles. The van der Waals surface area contributed by atoms with E-state index in [0.29, 0.717) is 19.3 Å². The number of hydrogen-bond donors (Lipinski definition) is 2. The van der Waals surface area contributed by atoms with Gasteiger partial charge in [0.05, 0.1) is 19.6 Å². The molecule has 0 aromatic heterocycles. The molecule has 11 nitrogen and oxygen atoms in total. The highest BCUT2D eigenvalue weighted by Gasteiger charge is 2.68. The fourth-order valence-corrected chi connectivity index (χ4v) is 8.98. The van der Waals surface area contributed by atoms with Crippen LogP contribution in [0.4, 0.5) is 0 Å². The van der Waals surface area contributed by atoms with Crippen molar-refractivity contribution in [3.05, 3.63) is 11.6 Å². The quantitative estimate of drug-likeness (QED) is 0.417. The number of carbonyl (C=O) groups is 6. The number of methoxy groups -OCH3 is 1. The molecule has 0 aromatic carbocycles. The van der Waals surface area contributed by atoms with Gasteiger partial charge in [-0.2, -0.15) is 0 Å². The van der Waals surface area contributed by atoms with Crippen LogP contribution in [0.15, 0.2) is 11.6 Å². The molecule has 1 amide bonds. The summed E-state index contributed by atoms with van der Waals surface area (Å²) in [6, 6.07) is -0.923. The van der Waals surface area contributed by atoms with Gasteiger partial charge in [0.1, 0.15) is 17.4 Å². The van der Waals surface area contributed by atoms with E-state index in [-0.39, 0.29) is 73.4 Å². The summed E-state index contributed by atoms with van der Waals surface area (Å²) < 4.78 is 9.87. The van der Waals surface area contributed by atoms with Crippen molar-refractivity contribution in [3.63, 3.8) is 0 Å². The van der Waals surface area contributed by atoms with Crippen molar-refractivity contribution < 1.29 is 48.5 Å². The Morgan fingerprint density at radius 2 is 1.81 bits per heavy atom. The smallest absolute Gasteiger partial charge is 0.328 e. The van der Waals surface area contributed by atoms with Crippen LogP contribution in [-0.4, -0.2) is 88.3 Å². The third-order valence-electron chi connectivity index (χ3n) is 11.2. The lowest BCUT2D eigenvalue weighted by molar-refractivity contribution is -0.174. The van der Waals surface area contributed by atoms with Gasteiger partial charge in [0.2, 0.25) is 11.7 Å². The normalized spacial score (nSPS) is 39.1. The zero-order valence-electron chi connectivity index (χ0n) is 24.6. The molecule has 5 rings (SSSR count). The Morgan fingerprint density at radius 3 is 2.52 bits per heavy atom. The largest absolute Gasteiger partial charge is 0.467 e. The van der Waals surface area contributed by atoms with E-state index in [2.05, 4.69) is 6.92 Å². The first-order valence-electron chi connectivity index (χ1n) is 15.0. The van der Waals surface area contributed by atoms with E-state index in [1.54, 1.807) is 13.0 Å². The number of likely N-dealkylation sites (tertiary alicyclic amines) is 1. The van der Waals surface area contributed by atoms with E-state index in [1.807, 2.05) is 0 Å². The number of carbonyl (C=O) groups excluding carboxylic acids is 6. The van der Waals surface area contributed by atoms with E-state index in [4.69, 9.17) is 9.47 Å². The first-order valence-corrected chi connectivity index (χ1v) is 15.0. The lowest BCUT2D eigenvalue weighted by Crippen LogP contribution is -2.61. The fraction of sp³-hybridized carbons (Fsp3) is 0.742. The molecule has 0 bridgehead atoms. The number of aliphatic hydroxyl groups is 2. The molecule has 230 valence electrons. The number of esters is 2. The van der Waals surface area contributed by atoms with Crippen LogP contribution in [0.2, 0.25) is 0 Å². The number of ketones is 3. The molecule has 8 atom stereocenters. The number of ether oxygens (including phenoxy) is 2. The van der Waals surface area contributed by atoms with Crippen molar-refractivity contribution in [2.75, 3.05) is 20.3 Å². The SMILES string of the molecule is COC(=O)[C@H]1C[C@@H](O)CN1C(=O)CCC(=O)OCC(=O)[C@@]1(O)CC[C@H]2[C@@H]3CCC4=CC(=O)CC[C@]4(C)[C@H]3C(=O)C[C@@]21C. The van der Waals surface area contributed by atoms with Crippen molar-refractivity contribution in [2.24, 2.45) is 28.6 Å². The zero-order chi connectivity index (χ0) is 30.6. The molecule has 2 N–H and O–H groups in total. The van der Waals surface area contributed by atoms with Crippen molar-refractivity contribution in [1.82, 2.24) is 4.90 Å². The molecule has 3 saturated carbocycles. The molecule has 0 radical (unpaired) electrons. The van der Waals surface area contributed by atoms with Crippen molar-refractivity contribution in [3.8, 4) is 0 Å². The van der Waals surface area contributed by atoms with Crippen molar-refractivity contribution in [2.45, 2.75) is 95.8 Å². The topological polar surface area (TPSA) is 165 Å². The molecule has 11 heteroatoms. The number of fused-ring (bicyclic) bond motifs is 5. The summed E-state index contributed by atoms with van der Waals surface area (Å²) >= 11 is 0. The molecule has 4 aliphatic carbocycles. The summed E-state index contributed by atoms with van der Waals surface area (Å²) in [5.41, 5.74) is -2.15. The van der Waals surface area contributed by atoms with Crippen LogP contribution in [0.25, 0.3) is 0 Å². The van der Waals surface area contributed by atoms with Gasteiger partial charge >= 0.3 is 11.9 Å². The van der Waals surface area contributed by atoms with Crippen LogP contribution in [0.1, 0.15) is 78.1 Å². The minimum Gasteiger partial charge on any atom is -0.467 e. The Balaban J connectivity index is 1.20. The van der Waals surface area contributed by atoms with Crippen LogP contribution in [0, 0.1) is 28.6 Å². The van der Waals surface area contributed by atoms with E-state index >= 15 is 0 Å². The average molecular weight is 588 g/mol. The highest BCUT2D eigenvalue weighted by Crippen LogP contribution is 2.66. The van der Waals surface area contributed by atoms with Crippen LogP contribution in [0.3, 0.4) is 0 Å². The van der Waals surface area contributed by atoms with Gasteiger partial charge in [0.15, 0.2) is 12.4 Å². The van der Waals surface area contributed by atoms with Gasteiger partial charge in [0, 0.05) is 43.6 Å². The predicted molar refractivity (Wildman–Crippen MR) is 145 cm³/mol. The Labute approximate surface area is 245 Å². The van der Waals surface area contributed by atoms with Crippen LogP contribution >= 0.6 is 0 Å². The summed E-state index contributed by atoms with van der Waals surface area (Å²) in [6.07, 6.45) is 3.58. The Bertz CT molecular complexity index is 1240. The van der Waals surface area contributed by atoms with Gasteiger partial charge in [-0.1, -0.05) is 19.4 Å². The molecule has 1 heterocycles. The molecule has 0 aromatic rings. The summed E-state index contributed by atoms with van der Waals surface area (Å²) in [5, 5.41) is 21.7. The molecular formula is C31H41NO10. The number of Topliss-reactive ketones (excluding diaryl/α,β-unsaturated/α-hetero) is 2. The molecular weight excluding hydrogens is 546 g/mol. The second-order valence-electron chi connectivity index (χ2n) is 13.4. The van der Waals surface area contributed by atoms with Gasteiger partial charge in [-0.3, -0.25) is 24.0 Å². The van der Waals surface area contributed by atoms with Gasteiger partial charge in [-0.05, 0) is 55.4 Å². The van der Waals surface area contributed by atoms with E-state index in [1.165, 1.54) is 12.0 Å². The summed E-state index contributed by atoms with van der Waals surface area (Å²) in [5.74, 6) is -2.81. The Hall–Kier alpha value is -2.92. The first kappa shape index (κ1) is 30.5. The first-order chi connectivity index (χ1) is 19.7. The maximum atomic E-state index is 13.8. The minimum absolute atomic E-state index is 0.0000822. The summed E-state index contributed by atoms with van der Waals surface area (Å²) in [7, 11) is 1.19. The maximum Gasteiger partial charge on any atom is 0.328 e. The van der Waals surface area contributed by atoms with E-state index < -0.39 is 53.4 Å². The second kappa shape index (κ2) is 11.0. The molecule has 5 aliphatic rings. The summed E-state index contributed by atoms with van der Waals surface area (Å²) in [6.45, 7) is 3.17. The maximum absolute atomic E-state index is 13.8. The molecule has 42 heavy (non-hydrogen) atoms. The fourth-order valence-electron chi connectivity index (χ4n) is 8.98. The van der Waals surface area contributed by atoms with Gasteiger partial charge in [-0.15, -0.1) is 0 Å². The van der Waals surface area contributed by atoms with E-state index in [0.717, 1.165) is 18.4 Å². The van der Waals surface area contributed by atoms with Gasteiger partial charge in [-0.25, -0.2) is 4.79 Å². The average Bonchev–Trinajstić information content (AvgIpc) is 3.47. The molecule has 0 unspecified atom stereocenters. The van der Waals surface area contributed by atoms with Gasteiger partial charge in [0.25, 0.3) is 0 Å². The number of aliphatic hydroxyl groups excluding tert-OH is 1. The van der Waals surface area contributed by atoms with Crippen LogP contribution in [-0.2, 0) is 38.2 Å². The second-order valence-corrected chi connectivity index (χ2v) is 13.4. The monoisotopic (exact) mass is 587 g/mol. The Morgan fingerprint density at radius 1 is 1.07 bits per heavy atom. The summed E-state index contributed by atoms with van der Waals surface area (Å²) in [4.78, 5) is 77.5. The zero-order valence-corrected chi connectivity index (χ0v) is 24.6. The standard InChI is InChI=1S/C31H41NO10/c1-29-10-8-18(33)12-17(29)4-5-20-21-9-11-31(40,30(21,2)14-23(35)27(20)29)24(36)16-42-26(38)7-6-25(37)32-15-19(34)13-22(32)28(39)41-3/h12,19-22,27,34,40H,4-11,13-16H2,1-3H3/t19-,20+,21+,22-,27-,29+,30+,31+/m1/s1. The number of amides is 1. The third kappa shape index (κ3) is 4.82. The number of hydrogen-bond acceptors (Lipinski definition) is 10. The lowest BCUT2D eigenvalue weighted by atomic mass is 9.46. The molecule has 0 spiro atoms. The van der Waals surface area contributed by atoms with E-state index in [9.17, 15) is 39.0 Å². The number of rotatable bonds is 7. The predicted octanol–water partition coefficient (Wildman–Crippen LogP) is 1.46. The lowest BCUT2D eigenvalue weighted by Gasteiger charge is -2.57. The van der Waals surface area contributed by atoms with Crippen molar-refractivity contribution in [1.29, 1.82) is 0 Å². The number of nitrogens with zero attached hydrogens (tertiary/aromatic N) is 1. The number of β-amino-alcohol motifs (C(OH)–C–C–N with tert-alkyl or cyclic N) is 1. The highest BCUT2D eigenvalue weighted by atomic mass is 16.5. The van der Waals surface area contributed by atoms with Crippen molar-refractivity contribution >= 4 is 35.2 Å². The third-order valence-corrected chi connectivity index (χ3v) is 11.2. The Kier molecular flexibility index (Phi) is 7.98. The number of allylic oxidation sites excluding steroid dienone is 1. The van der Waals surface area contributed by atoms with Gasteiger partial charge < -0.3 is 24.6 Å². The molecule has 1 saturated heterocycles. The van der Waals surface area contributed by atoms with Crippen LogP contribution < -0.4 is 0 Å². The minimum atomic E-state index is -1.83.